The van der Waals surface area contributed by atoms with Gasteiger partial charge >= 0.3 is 42.4 Å². The van der Waals surface area contributed by atoms with Crippen molar-refractivity contribution in [2.24, 2.45) is 0 Å². The van der Waals surface area contributed by atoms with Gasteiger partial charge in [0.2, 0.25) is 0 Å². The molecule has 0 radical (unpaired) electrons. The van der Waals surface area contributed by atoms with E-state index in [0.29, 0.717) is 0 Å². The number of nitrogens with zero attached hydrogens (tertiary/aromatic N) is 3. The van der Waals surface area contributed by atoms with E-state index in [4.69, 9.17) is 0 Å². The van der Waals surface area contributed by atoms with Crippen molar-refractivity contribution < 1.29 is 21.8 Å². The fourth-order valence-corrected chi connectivity index (χ4v) is 1.75. The second kappa shape index (κ2) is 7.38. The first-order chi connectivity index (χ1) is 9.68. The molecule has 0 saturated heterocycles. The zero-order chi connectivity index (χ0) is 14.4. The van der Waals surface area contributed by atoms with Crippen molar-refractivity contribution in [3.05, 3.63) is 36.8 Å². The van der Waals surface area contributed by atoms with Gasteiger partial charge in [0.05, 0.1) is 0 Å². The first-order valence-corrected chi connectivity index (χ1v) is 13.8. The fourth-order valence-electron chi connectivity index (χ4n) is 1.75. The summed E-state index contributed by atoms with van der Waals surface area (Å²) in [5.41, 5.74) is 2.71. The molecule has 0 saturated carbocycles. The van der Waals surface area contributed by atoms with Crippen LogP contribution in [0.4, 0.5) is 0 Å². The molecule has 3 N–H and O–H groups in total. The van der Waals surface area contributed by atoms with E-state index in [-0.39, 0.29) is 6.71 Å². The minimum absolute atomic E-state index is 0.0382. The largest absolute Gasteiger partial charge is 0.317 e. The van der Waals surface area contributed by atoms with Crippen LogP contribution in [0.3, 0.4) is 0 Å². The molecule has 6 nitrogen and oxygen atoms in total. The van der Waals surface area contributed by atoms with Crippen LogP contribution in [-0.4, -0.2) is 37.3 Å². The maximum absolute atomic E-state index is 4.20. The fraction of sp³-hybridized carbons (Fsp3) is 0.250. The molecule has 3 aromatic heterocycles. The Balaban J connectivity index is 0.000000328. The van der Waals surface area contributed by atoms with Crippen molar-refractivity contribution in [2.45, 2.75) is 13.9 Å². The molecule has 0 spiro atoms. The molecule has 0 fully saturated rings. The molecule has 0 unspecified atom stereocenters. The molecule has 3 heterocycles. The van der Waals surface area contributed by atoms with Gasteiger partial charge in [0.1, 0.15) is 0 Å². The summed E-state index contributed by atoms with van der Waals surface area (Å²) >= 11 is -0.543. The third kappa shape index (κ3) is 4.03. The number of aromatic amines is 3. The molecule has 0 aromatic carbocycles. The van der Waals surface area contributed by atoms with Crippen molar-refractivity contribution in [2.75, 3.05) is 0 Å². The Labute approximate surface area is 126 Å². The third-order valence-electron chi connectivity index (χ3n) is 2.45. The van der Waals surface area contributed by atoms with Crippen LogP contribution in [0, 0.1) is 0 Å². The van der Waals surface area contributed by atoms with Crippen molar-refractivity contribution in [3.8, 4) is 0 Å². The van der Waals surface area contributed by atoms with Gasteiger partial charge in [-0.3, -0.25) is 15.3 Å². The van der Waals surface area contributed by atoms with E-state index in [1.54, 1.807) is 18.6 Å². The van der Waals surface area contributed by atoms with Gasteiger partial charge in [-0.15, -0.1) is 0 Å². The number of H-pyrrole nitrogens is 3. The normalized spacial score (nSPS) is 9.75. The summed E-state index contributed by atoms with van der Waals surface area (Å²) in [4.78, 5) is 0. The molecule has 8 heteroatoms. The van der Waals surface area contributed by atoms with Crippen LogP contribution in [0.25, 0.3) is 0 Å². The minimum atomic E-state index is -0.543. The first kappa shape index (κ1) is 15.0. The van der Waals surface area contributed by atoms with Crippen LogP contribution in [0.1, 0.15) is 0 Å². The van der Waals surface area contributed by atoms with E-state index >= 15 is 0 Å². The van der Waals surface area contributed by atoms with Gasteiger partial charge < -0.3 is 0 Å². The average Bonchev–Trinajstić information content (AvgIpc) is 3.13. The summed E-state index contributed by atoms with van der Waals surface area (Å²) in [6, 6.07) is 5.77. The number of nitrogens with one attached hydrogen (secondary N) is 3. The van der Waals surface area contributed by atoms with E-state index in [0.717, 1.165) is 16.8 Å². The Morgan fingerprint density at radius 1 is 0.750 bits per heavy atom. The minimum Gasteiger partial charge on any atom is -0.286 e. The van der Waals surface area contributed by atoms with E-state index in [9.17, 15) is 0 Å². The van der Waals surface area contributed by atoms with Gasteiger partial charge in [0, 0.05) is 35.4 Å². The molecule has 103 valence electrons. The summed E-state index contributed by atoms with van der Waals surface area (Å²) in [6.45, 7) is -0.0382. The van der Waals surface area contributed by atoms with Gasteiger partial charge in [-0.1, -0.05) is 0 Å². The molecule has 0 aliphatic heterocycles. The average molecular weight is 348 g/mol. The van der Waals surface area contributed by atoms with Gasteiger partial charge in [-0.2, -0.15) is 15.3 Å². The van der Waals surface area contributed by atoms with Crippen molar-refractivity contribution in [1.82, 2.24) is 30.6 Å². The predicted octanol–water partition coefficient (Wildman–Crippen LogP) is 0.121. The van der Waals surface area contributed by atoms with E-state index in [1.807, 2.05) is 18.2 Å². The van der Waals surface area contributed by atoms with Crippen LogP contribution < -0.4 is 16.8 Å². The SMILES string of the molecule is [CH3][Zr]([CH3])[CH3].c1cc(B(c2cc[nH]n2)c2cc[nH]n2)n[nH]1. The van der Waals surface area contributed by atoms with Crippen molar-refractivity contribution in [3.63, 3.8) is 0 Å². The molecule has 0 amide bonds. The third-order valence-corrected chi connectivity index (χ3v) is 2.45. The standard InChI is InChI=1S/C9H9BN6.3CH3.Zr/c1-4-11-14-7(1)10(8-2-5-12-15-8)9-3-6-13-16-9;;;;/h1-6H,(H,11,14)(H,12,15)(H,13,16);3*1H3;. The summed E-state index contributed by atoms with van der Waals surface area (Å²) in [7, 11) is 0. The molecule has 3 aromatic rings. The Morgan fingerprint density at radius 3 is 1.25 bits per heavy atom. The number of hydrogen-bond acceptors (Lipinski definition) is 3. The van der Waals surface area contributed by atoms with Crippen LogP contribution >= 0.6 is 0 Å². The molecule has 0 bridgehead atoms. The molecule has 0 aliphatic rings. The molecule has 0 aliphatic carbocycles. The Morgan fingerprint density at radius 2 is 1.05 bits per heavy atom. The maximum Gasteiger partial charge on any atom is 0.317 e. The van der Waals surface area contributed by atoms with Gasteiger partial charge in [0.15, 0.2) is 0 Å². The van der Waals surface area contributed by atoms with E-state index in [2.05, 4.69) is 44.5 Å². The van der Waals surface area contributed by atoms with Gasteiger partial charge in [-0.05, 0) is 18.2 Å². The zero-order valence-electron chi connectivity index (χ0n) is 11.9. The number of aromatic nitrogens is 6. The smallest absolute Gasteiger partial charge is 0.286 e. The Hall–Kier alpha value is -1.42. The zero-order valence-corrected chi connectivity index (χ0v) is 14.3. The quantitative estimate of drug-likeness (QED) is 0.588. The van der Waals surface area contributed by atoms with E-state index < -0.39 is 21.8 Å². The topological polar surface area (TPSA) is 86.0 Å². The van der Waals surface area contributed by atoms with Crippen LogP contribution in [0.2, 0.25) is 13.9 Å². The second-order valence-corrected chi connectivity index (χ2v) is 12.3. The van der Waals surface area contributed by atoms with Gasteiger partial charge in [-0.25, -0.2) is 0 Å². The molecular formula is C12H18BN6Zr. The number of rotatable bonds is 3. The summed E-state index contributed by atoms with van der Waals surface area (Å²) < 4.78 is 7.09. The Kier molecular flexibility index (Phi) is 5.53. The molecule has 3 rings (SSSR count). The second-order valence-electron chi connectivity index (χ2n) is 4.93. The maximum atomic E-state index is 4.20. The molecule has 0 atom stereocenters. The Bertz CT molecular complexity index is 491. The summed E-state index contributed by atoms with van der Waals surface area (Å²) in [6.07, 6.45) is 5.38. The van der Waals surface area contributed by atoms with Crippen molar-refractivity contribution in [1.29, 1.82) is 0 Å². The predicted molar refractivity (Wildman–Crippen MR) is 78.0 cm³/mol. The van der Waals surface area contributed by atoms with Crippen LogP contribution in [-0.2, 0) is 21.8 Å². The van der Waals surface area contributed by atoms with E-state index in [1.165, 1.54) is 0 Å². The molecule has 20 heavy (non-hydrogen) atoms. The monoisotopic (exact) mass is 347 g/mol. The molecular weight excluding hydrogens is 330 g/mol. The van der Waals surface area contributed by atoms with Crippen LogP contribution in [0.15, 0.2) is 36.8 Å². The van der Waals surface area contributed by atoms with Crippen molar-refractivity contribution >= 4 is 23.5 Å². The summed E-state index contributed by atoms with van der Waals surface area (Å²) in [5, 5.41) is 21.0. The number of hydrogen-bond donors (Lipinski definition) is 3. The van der Waals surface area contributed by atoms with Crippen LogP contribution in [0.5, 0.6) is 0 Å². The van der Waals surface area contributed by atoms with Gasteiger partial charge in [0.25, 0.3) is 0 Å². The summed E-state index contributed by atoms with van der Waals surface area (Å²) in [5.74, 6) is 0. The first-order valence-electron chi connectivity index (χ1n) is 6.44.